The van der Waals surface area contributed by atoms with Crippen LogP contribution >= 0.6 is 15.6 Å². The molecule has 0 rings (SSSR count). The number of carbonyl (C=O) groups excluding carboxylic acids is 4. The fraction of sp³-hybridized carbons (Fsp3) is 0.942. The summed E-state index contributed by atoms with van der Waals surface area (Å²) in [5.41, 5.74) is 0. The Morgan fingerprint density at radius 3 is 0.773 bits per heavy atom. The van der Waals surface area contributed by atoms with E-state index in [2.05, 4.69) is 34.6 Å². The number of hydrogen-bond acceptors (Lipinski definition) is 15. The fourth-order valence-electron chi connectivity index (χ4n) is 10.5. The second-order valence-corrected chi connectivity index (χ2v) is 28.3. The molecule has 0 aliphatic heterocycles. The molecule has 0 aromatic heterocycles. The number of esters is 4. The third kappa shape index (κ3) is 62.8. The normalized spacial score (nSPS) is 14.1. The van der Waals surface area contributed by atoms with E-state index in [4.69, 9.17) is 37.0 Å². The molecule has 0 amide bonds. The van der Waals surface area contributed by atoms with Crippen molar-refractivity contribution in [3.8, 4) is 0 Å². The zero-order valence-electron chi connectivity index (χ0n) is 56.9. The average Bonchev–Trinajstić information content (AvgIpc) is 3.59. The molecular weight excluding hydrogens is 1160 g/mol. The Balaban J connectivity index is 5.25. The maximum absolute atomic E-state index is 13.0. The molecule has 0 aliphatic rings. The van der Waals surface area contributed by atoms with Crippen LogP contribution in [0.3, 0.4) is 0 Å². The minimum Gasteiger partial charge on any atom is -0.462 e. The smallest absolute Gasteiger partial charge is 0.462 e. The lowest BCUT2D eigenvalue weighted by molar-refractivity contribution is -0.161. The van der Waals surface area contributed by atoms with Crippen molar-refractivity contribution in [2.45, 2.75) is 374 Å². The van der Waals surface area contributed by atoms with Gasteiger partial charge in [0.1, 0.15) is 19.3 Å². The summed E-state index contributed by atoms with van der Waals surface area (Å²) in [5, 5.41) is 10.6. The molecule has 0 fully saturated rings. The zero-order chi connectivity index (χ0) is 64.9. The predicted molar refractivity (Wildman–Crippen MR) is 354 cm³/mol. The monoisotopic (exact) mass is 1300 g/mol. The van der Waals surface area contributed by atoms with Crippen molar-refractivity contribution in [3.05, 3.63) is 0 Å². The van der Waals surface area contributed by atoms with Gasteiger partial charge in [-0.25, -0.2) is 9.13 Å². The molecule has 3 N–H and O–H groups in total. The van der Waals surface area contributed by atoms with Crippen LogP contribution in [0, 0.1) is 5.92 Å². The number of phosphoric acid groups is 2. The molecule has 17 nitrogen and oxygen atoms in total. The number of rotatable bonds is 69. The van der Waals surface area contributed by atoms with Gasteiger partial charge in [0.25, 0.3) is 0 Å². The first-order chi connectivity index (χ1) is 42.5. The number of unbranched alkanes of at least 4 members (excludes halogenated alkanes) is 41. The zero-order valence-corrected chi connectivity index (χ0v) is 58.6. The van der Waals surface area contributed by atoms with Gasteiger partial charge in [0.15, 0.2) is 12.2 Å². The Kier molecular flexibility index (Phi) is 61.1. The molecule has 2 unspecified atom stereocenters. The Bertz CT molecular complexity index is 1700. The van der Waals surface area contributed by atoms with E-state index in [-0.39, 0.29) is 25.7 Å². The number of aliphatic hydroxyl groups excluding tert-OH is 1. The van der Waals surface area contributed by atoms with Gasteiger partial charge in [-0.05, 0) is 31.6 Å². The highest BCUT2D eigenvalue weighted by atomic mass is 31.2. The molecule has 0 saturated carbocycles. The predicted octanol–water partition coefficient (Wildman–Crippen LogP) is 19.7. The molecule has 0 aliphatic carbocycles. The maximum Gasteiger partial charge on any atom is 0.472 e. The van der Waals surface area contributed by atoms with Crippen LogP contribution in [0.25, 0.3) is 0 Å². The van der Waals surface area contributed by atoms with Crippen LogP contribution in [-0.4, -0.2) is 96.7 Å². The Morgan fingerprint density at radius 2 is 0.523 bits per heavy atom. The topological polar surface area (TPSA) is 237 Å². The van der Waals surface area contributed by atoms with Crippen molar-refractivity contribution < 1.29 is 80.2 Å². The highest BCUT2D eigenvalue weighted by Crippen LogP contribution is 2.45. The highest BCUT2D eigenvalue weighted by molar-refractivity contribution is 7.47. The van der Waals surface area contributed by atoms with Crippen molar-refractivity contribution in [1.29, 1.82) is 0 Å². The average molecular weight is 1300 g/mol. The summed E-state index contributed by atoms with van der Waals surface area (Å²) in [6.45, 7) is 7.20. The standard InChI is InChI=1S/C69H134O17P2/c1-6-9-12-15-18-21-24-26-29-32-38-43-48-53-67(72)80-58-64(85-68(73)54-49-44-39-33-30-27-25-22-19-16-13-10-7-2)60-83-87(75,76)81-56-63(70)57-82-88(77,78)84-61-65(86-69(74)55-50-45-40-35-34-36-41-46-51-62(4)5)59-79-66(71)52-47-42-37-31-28-23-20-17-14-11-8-3/h62-65,70H,6-61H2,1-5H3,(H,75,76)(H,77,78)/t63-,64-,65-/m1/s1. The summed E-state index contributed by atoms with van der Waals surface area (Å²) in [6.07, 6.45) is 48.4. The van der Waals surface area contributed by atoms with E-state index in [9.17, 15) is 43.2 Å². The van der Waals surface area contributed by atoms with E-state index in [1.54, 1.807) is 0 Å². The largest absolute Gasteiger partial charge is 0.472 e. The lowest BCUT2D eigenvalue weighted by Gasteiger charge is -2.21. The third-order valence-corrected chi connectivity index (χ3v) is 17.9. The SMILES string of the molecule is CCCCCCCCCCCCCCCC(=O)OC[C@H](COP(=O)(O)OC[C@@H](O)COP(=O)(O)OC[C@@H](COC(=O)CCCCCCCCCCCCC)OC(=O)CCCCCCCCCCC(C)C)OC(=O)CCCCCCCCCCCCCCC. The quantitative estimate of drug-likeness (QED) is 0.0222. The molecule has 0 radical (unpaired) electrons. The highest BCUT2D eigenvalue weighted by Gasteiger charge is 2.30. The molecule has 88 heavy (non-hydrogen) atoms. The summed E-state index contributed by atoms with van der Waals surface area (Å²) < 4.78 is 68.2. The van der Waals surface area contributed by atoms with Crippen LogP contribution in [0.15, 0.2) is 0 Å². The van der Waals surface area contributed by atoms with Crippen LogP contribution in [0.1, 0.15) is 356 Å². The summed E-state index contributed by atoms with van der Waals surface area (Å²) in [4.78, 5) is 72.5. The number of carbonyl (C=O) groups is 4. The molecule has 0 bridgehead atoms. The molecule has 522 valence electrons. The summed E-state index contributed by atoms with van der Waals surface area (Å²) in [7, 11) is -9.90. The second-order valence-electron chi connectivity index (χ2n) is 25.4. The Hall–Kier alpha value is -1.94. The van der Waals surface area contributed by atoms with Gasteiger partial charge >= 0.3 is 39.5 Å². The van der Waals surface area contributed by atoms with Crippen molar-refractivity contribution >= 4 is 39.5 Å². The maximum atomic E-state index is 13.0. The van der Waals surface area contributed by atoms with Gasteiger partial charge in [0.2, 0.25) is 0 Å². The third-order valence-electron chi connectivity index (χ3n) is 16.0. The number of hydrogen-bond donors (Lipinski definition) is 3. The van der Waals surface area contributed by atoms with Crippen molar-refractivity contribution in [2.24, 2.45) is 5.92 Å². The van der Waals surface area contributed by atoms with E-state index in [1.165, 1.54) is 180 Å². The molecule has 5 atom stereocenters. The van der Waals surface area contributed by atoms with Crippen molar-refractivity contribution in [2.75, 3.05) is 39.6 Å². The minimum absolute atomic E-state index is 0.105. The fourth-order valence-corrected chi connectivity index (χ4v) is 12.0. The Morgan fingerprint density at radius 1 is 0.307 bits per heavy atom. The minimum atomic E-state index is -4.95. The lowest BCUT2D eigenvalue weighted by Crippen LogP contribution is -2.30. The molecule has 19 heteroatoms. The van der Waals surface area contributed by atoms with Crippen LogP contribution < -0.4 is 0 Å². The van der Waals surface area contributed by atoms with E-state index >= 15 is 0 Å². The van der Waals surface area contributed by atoms with Crippen molar-refractivity contribution in [3.63, 3.8) is 0 Å². The van der Waals surface area contributed by atoms with E-state index < -0.39 is 97.5 Å². The van der Waals surface area contributed by atoms with Crippen LogP contribution in [-0.2, 0) is 65.4 Å². The molecule has 0 aromatic rings. The van der Waals surface area contributed by atoms with E-state index in [1.807, 2.05) is 0 Å². The molecule has 0 heterocycles. The summed E-state index contributed by atoms with van der Waals surface area (Å²) >= 11 is 0. The van der Waals surface area contributed by atoms with Crippen LogP contribution in [0.2, 0.25) is 0 Å². The Labute approximate surface area is 537 Å². The first kappa shape index (κ1) is 86.1. The molecule has 0 saturated heterocycles. The summed E-state index contributed by atoms with van der Waals surface area (Å²) in [5.74, 6) is -1.40. The van der Waals surface area contributed by atoms with Gasteiger partial charge in [-0.3, -0.25) is 37.3 Å². The number of ether oxygens (including phenoxy) is 4. The first-order valence-electron chi connectivity index (χ1n) is 36.1. The van der Waals surface area contributed by atoms with E-state index in [0.717, 1.165) is 95.8 Å². The van der Waals surface area contributed by atoms with Crippen LogP contribution in [0.5, 0.6) is 0 Å². The first-order valence-corrected chi connectivity index (χ1v) is 39.1. The van der Waals surface area contributed by atoms with Gasteiger partial charge in [-0.2, -0.15) is 0 Å². The lowest BCUT2D eigenvalue weighted by atomic mass is 10.0. The van der Waals surface area contributed by atoms with Crippen LogP contribution in [0.4, 0.5) is 0 Å². The van der Waals surface area contributed by atoms with Gasteiger partial charge in [0, 0.05) is 25.7 Å². The molecule has 0 aromatic carbocycles. The number of aliphatic hydroxyl groups is 1. The van der Waals surface area contributed by atoms with Gasteiger partial charge in [-0.15, -0.1) is 0 Å². The van der Waals surface area contributed by atoms with E-state index in [0.29, 0.717) is 25.7 Å². The molecule has 0 spiro atoms. The second kappa shape index (κ2) is 62.5. The summed E-state index contributed by atoms with van der Waals surface area (Å²) in [6, 6.07) is 0. The van der Waals surface area contributed by atoms with Crippen molar-refractivity contribution in [1.82, 2.24) is 0 Å². The van der Waals surface area contributed by atoms with Gasteiger partial charge in [0.05, 0.1) is 26.4 Å². The van der Waals surface area contributed by atoms with Gasteiger partial charge < -0.3 is 33.8 Å². The van der Waals surface area contributed by atoms with Gasteiger partial charge in [-0.1, -0.05) is 304 Å². The molecular formula is C69H134O17P2. The number of phosphoric ester groups is 2.